The molecule has 1 aliphatic heterocycles. The lowest BCUT2D eigenvalue weighted by molar-refractivity contribution is -0.906. The second-order valence-corrected chi connectivity index (χ2v) is 7.92. The maximum atomic E-state index is 13.7. The molecule has 1 N–H and O–H groups in total. The monoisotopic (exact) mass is 416 g/mol. The van der Waals surface area contributed by atoms with Gasteiger partial charge in [0.05, 0.1) is 43.6 Å². The highest BCUT2D eigenvalue weighted by atomic mass is 32.1. The number of fused-ring (bicyclic) bond motifs is 1. The predicted molar refractivity (Wildman–Crippen MR) is 111 cm³/mol. The van der Waals surface area contributed by atoms with Gasteiger partial charge in [-0.05, 0) is 36.4 Å². The van der Waals surface area contributed by atoms with Gasteiger partial charge in [-0.3, -0.25) is 9.69 Å². The van der Waals surface area contributed by atoms with Gasteiger partial charge in [0.2, 0.25) is 0 Å². The van der Waals surface area contributed by atoms with Crippen molar-refractivity contribution in [1.29, 1.82) is 0 Å². The van der Waals surface area contributed by atoms with E-state index in [4.69, 9.17) is 9.47 Å². The maximum absolute atomic E-state index is 13.7. The number of nitrogens with one attached hydrogen (secondary N) is 1. The Morgan fingerprint density at radius 2 is 2.10 bits per heavy atom. The molecule has 6 nitrogen and oxygen atoms in total. The molecule has 3 aromatic rings. The molecular weight excluding hydrogens is 393 g/mol. The van der Waals surface area contributed by atoms with Crippen molar-refractivity contribution in [1.82, 2.24) is 4.98 Å². The van der Waals surface area contributed by atoms with E-state index in [-0.39, 0.29) is 5.91 Å². The lowest BCUT2D eigenvalue weighted by atomic mass is 10.2. The summed E-state index contributed by atoms with van der Waals surface area (Å²) < 4.78 is 25.4. The molecule has 0 unspecified atom stereocenters. The first-order valence-corrected chi connectivity index (χ1v) is 10.4. The van der Waals surface area contributed by atoms with E-state index in [1.807, 2.05) is 18.2 Å². The van der Waals surface area contributed by atoms with Crippen LogP contribution in [0.1, 0.15) is 10.4 Å². The van der Waals surface area contributed by atoms with E-state index >= 15 is 0 Å². The number of carbonyl (C=O) groups excluding carboxylic acids is 1. The highest BCUT2D eigenvalue weighted by Crippen LogP contribution is 2.32. The van der Waals surface area contributed by atoms with Crippen molar-refractivity contribution < 1.29 is 23.6 Å². The Bertz CT molecular complexity index is 1000. The van der Waals surface area contributed by atoms with Crippen molar-refractivity contribution in [2.45, 2.75) is 0 Å². The van der Waals surface area contributed by atoms with E-state index < -0.39 is 5.82 Å². The SMILES string of the molecule is COc1ccc2nc(N(CC[NH+]3CCOCC3)C(=O)c3cccc(F)c3)sc2c1. The molecule has 152 valence electrons. The van der Waals surface area contributed by atoms with Gasteiger partial charge in [0, 0.05) is 5.56 Å². The van der Waals surface area contributed by atoms with Crippen molar-refractivity contribution in [2.75, 3.05) is 51.4 Å². The second kappa shape index (κ2) is 8.86. The number of quaternary nitrogens is 1. The van der Waals surface area contributed by atoms with Crippen LogP contribution in [-0.4, -0.2) is 57.4 Å². The first-order valence-electron chi connectivity index (χ1n) is 9.57. The third kappa shape index (κ3) is 4.55. The third-order valence-corrected chi connectivity index (χ3v) is 6.06. The van der Waals surface area contributed by atoms with Gasteiger partial charge in [-0.25, -0.2) is 9.37 Å². The summed E-state index contributed by atoms with van der Waals surface area (Å²) >= 11 is 1.43. The molecule has 0 aliphatic carbocycles. The molecule has 8 heteroatoms. The van der Waals surface area contributed by atoms with Crippen LogP contribution in [0.15, 0.2) is 42.5 Å². The quantitative estimate of drug-likeness (QED) is 0.668. The zero-order valence-electron chi connectivity index (χ0n) is 16.2. The summed E-state index contributed by atoms with van der Waals surface area (Å²) in [6.07, 6.45) is 0. The highest BCUT2D eigenvalue weighted by Gasteiger charge is 2.24. The zero-order chi connectivity index (χ0) is 20.2. The van der Waals surface area contributed by atoms with E-state index in [9.17, 15) is 9.18 Å². The summed E-state index contributed by atoms with van der Waals surface area (Å²) in [5.41, 5.74) is 1.13. The molecule has 1 aromatic heterocycles. The van der Waals surface area contributed by atoms with E-state index in [0.29, 0.717) is 17.2 Å². The van der Waals surface area contributed by atoms with Crippen LogP contribution >= 0.6 is 11.3 Å². The van der Waals surface area contributed by atoms with Crippen LogP contribution in [0.3, 0.4) is 0 Å². The fraction of sp³-hybridized carbons (Fsp3) is 0.333. The molecule has 1 saturated heterocycles. The van der Waals surface area contributed by atoms with Crippen molar-refractivity contribution in [3.63, 3.8) is 0 Å². The van der Waals surface area contributed by atoms with Gasteiger partial charge in [-0.2, -0.15) is 0 Å². The highest BCUT2D eigenvalue weighted by molar-refractivity contribution is 7.22. The molecule has 2 heterocycles. The van der Waals surface area contributed by atoms with Gasteiger partial charge in [0.15, 0.2) is 5.13 Å². The molecule has 0 bridgehead atoms. The number of anilines is 1. The van der Waals surface area contributed by atoms with E-state index in [0.717, 1.165) is 48.8 Å². The maximum Gasteiger partial charge on any atom is 0.260 e. The van der Waals surface area contributed by atoms with E-state index in [2.05, 4.69) is 4.98 Å². The number of benzene rings is 2. The summed E-state index contributed by atoms with van der Waals surface area (Å²) in [7, 11) is 1.62. The van der Waals surface area contributed by atoms with Gasteiger partial charge >= 0.3 is 0 Å². The van der Waals surface area contributed by atoms with Crippen molar-refractivity contribution >= 4 is 32.6 Å². The van der Waals surface area contributed by atoms with Gasteiger partial charge < -0.3 is 14.4 Å². The number of aromatic nitrogens is 1. The number of rotatable bonds is 6. The standard InChI is InChI=1S/C21H22FN3O3S/c1-27-17-5-6-18-19(14-17)29-21(23-18)25(8-7-24-9-11-28-12-10-24)20(26)15-3-2-4-16(22)13-15/h2-6,13-14H,7-12H2,1H3/p+1. The van der Waals surface area contributed by atoms with Crippen LogP contribution in [0.2, 0.25) is 0 Å². The van der Waals surface area contributed by atoms with Crippen LogP contribution in [-0.2, 0) is 4.74 Å². The second-order valence-electron chi connectivity index (χ2n) is 6.91. The average Bonchev–Trinajstić information content (AvgIpc) is 3.17. The van der Waals surface area contributed by atoms with Crippen LogP contribution in [0.25, 0.3) is 10.2 Å². The molecule has 29 heavy (non-hydrogen) atoms. The number of hydrogen-bond acceptors (Lipinski definition) is 5. The van der Waals surface area contributed by atoms with Crippen molar-refractivity contribution in [3.05, 3.63) is 53.8 Å². The number of morpholine rings is 1. The average molecular weight is 416 g/mol. The Hall–Kier alpha value is -2.55. The largest absolute Gasteiger partial charge is 0.497 e. The van der Waals surface area contributed by atoms with Crippen molar-refractivity contribution in [3.8, 4) is 5.75 Å². The van der Waals surface area contributed by atoms with Crippen LogP contribution in [0, 0.1) is 5.82 Å². The molecule has 0 saturated carbocycles. The van der Waals surface area contributed by atoms with Gasteiger partial charge in [0.25, 0.3) is 5.91 Å². The molecule has 0 radical (unpaired) electrons. The molecular formula is C21H23FN3O3S+. The van der Waals surface area contributed by atoms with E-state index in [1.165, 1.54) is 28.4 Å². The Labute approximate surface area is 172 Å². The minimum atomic E-state index is -0.427. The molecule has 1 aliphatic rings. The van der Waals surface area contributed by atoms with Gasteiger partial charge in [-0.15, -0.1) is 0 Å². The molecule has 1 amide bonds. The Morgan fingerprint density at radius 3 is 2.86 bits per heavy atom. The fourth-order valence-electron chi connectivity index (χ4n) is 3.38. The van der Waals surface area contributed by atoms with Gasteiger partial charge in [0.1, 0.15) is 24.7 Å². The molecule has 4 rings (SSSR count). The number of nitrogens with zero attached hydrogens (tertiary/aromatic N) is 2. The summed E-state index contributed by atoms with van der Waals surface area (Å²) in [5, 5.41) is 0.607. The molecule has 0 spiro atoms. The topological polar surface area (TPSA) is 56.1 Å². The summed E-state index contributed by atoms with van der Waals surface area (Å²) in [5.74, 6) is 0.0697. The minimum absolute atomic E-state index is 0.247. The van der Waals surface area contributed by atoms with E-state index in [1.54, 1.807) is 24.1 Å². The zero-order valence-corrected chi connectivity index (χ0v) is 17.0. The molecule has 2 aromatic carbocycles. The lowest BCUT2D eigenvalue weighted by Gasteiger charge is -2.27. The third-order valence-electron chi connectivity index (χ3n) is 5.02. The number of amides is 1. The lowest BCUT2D eigenvalue weighted by Crippen LogP contribution is -3.14. The normalized spacial score (nSPS) is 14.8. The summed E-state index contributed by atoms with van der Waals surface area (Å²) in [6.45, 7) is 4.57. The number of halogens is 1. The predicted octanol–water partition coefficient (Wildman–Crippen LogP) is 2.01. The number of ether oxygens (including phenoxy) is 2. The fourth-order valence-corrected chi connectivity index (χ4v) is 4.40. The number of thiazole rings is 1. The van der Waals surface area contributed by atoms with Crippen LogP contribution in [0.4, 0.5) is 9.52 Å². The first-order chi connectivity index (χ1) is 14.1. The number of hydrogen-bond donors (Lipinski definition) is 1. The summed E-state index contributed by atoms with van der Waals surface area (Å²) in [6, 6.07) is 11.4. The molecule has 0 atom stereocenters. The van der Waals surface area contributed by atoms with Crippen molar-refractivity contribution in [2.24, 2.45) is 0 Å². The minimum Gasteiger partial charge on any atom is -0.497 e. The number of methoxy groups -OCH3 is 1. The van der Waals surface area contributed by atoms with Crippen LogP contribution in [0.5, 0.6) is 5.75 Å². The van der Waals surface area contributed by atoms with Gasteiger partial charge in [-0.1, -0.05) is 17.4 Å². The Kier molecular flexibility index (Phi) is 6.03. The smallest absolute Gasteiger partial charge is 0.260 e. The number of carbonyl (C=O) groups is 1. The Morgan fingerprint density at radius 1 is 1.28 bits per heavy atom. The molecule has 1 fully saturated rings. The van der Waals surface area contributed by atoms with Crippen LogP contribution < -0.4 is 14.5 Å². The first kappa shape index (κ1) is 19.8. The Balaban J connectivity index is 1.64. The summed E-state index contributed by atoms with van der Waals surface area (Å²) in [4.78, 5) is 20.9.